The molecule has 2 unspecified atom stereocenters. The van der Waals surface area contributed by atoms with Crippen molar-refractivity contribution in [3.05, 3.63) is 0 Å². The van der Waals surface area contributed by atoms with Gasteiger partial charge in [-0.1, -0.05) is 0 Å². The number of unbranched alkanes of at least 4 members (excludes halogenated alkanes) is 2. The van der Waals surface area contributed by atoms with Gasteiger partial charge in [-0.05, 0) is 0 Å². The number of hydrogen-bond donors (Lipinski definition) is 0. The van der Waals surface area contributed by atoms with Gasteiger partial charge in [-0.2, -0.15) is 0 Å². The molecule has 0 spiro atoms. The van der Waals surface area contributed by atoms with E-state index in [0.717, 1.165) is 0 Å². The molecule has 1 aliphatic heterocycles. The van der Waals surface area contributed by atoms with Crippen LogP contribution in [0.15, 0.2) is 0 Å². The summed E-state index contributed by atoms with van der Waals surface area (Å²) < 4.78 is 1.31. The molecule has 2 aliphatic rings. The van der Waals surface area contributed by atoms with Crippen molar-refractivity contribution in [1.29, 1.82) is 0 Å². The van der Waals surface area contributed by atoms with Crippen molar-refractivity contribution in [2.45, 2.75) is 79.3 Å². The van der Waals surface area contributed by atoms with E-state index in [1.807, 2.05) is 0 Å². The zero-order valence-corrected chi connectivity index (χ0v) is 12.8. The van der Waals surface area contributed by atoms with E-state index in [1.165, 1.54) is 23.5 Å². The van der Waals surface area contributed by atoms with Crippen molar-refractivity contribution < 1.29 is 0 Å². The summed E-state index contributed by atoms with van der Waals surface area (Å²) >= 11 is -1.30. The second kappa shape index (κ2) is 5.25. The fourth-order valence-electron chi connectivity index (χ4n) is 4.35. The van der Waals surface area contributed by atoms with Crippen LogP contribution >= 0.6 is 0 Å². The first-order valence-corrected chi connectivity index (χ1v) is 13.0. The molecule has 1 aliphatic carbocycles. The van der Waals surface area contributed by atoms with Crippen molar-refractivity contribution in [3.8, 4) is 0 Å². The Hall–Kier alpha value is 0.543. The van der Waals surface area contributed by atoms with E-state index < -0.39 is 13.3 Å². The molecule has 0 amide bonds. The van der Waals surface area contributed by atoms with Crippen LogP contribution in [0.25, 0.3) is 0 Å². The first-order chi connectivity index (χ1) is 7.30. The van der Waals surface area contributed by atoms with Crippen LogP contribution in [0, 0.1) is 5.92 Å². The Morgan fingerprint density at radius 1 is 1.00 bits per heavy atom. The molecule has 1 heteroatoms. The topological polar surface area (TPSA) is 0 Å². The maximum atomic E-state index is 2.38. The third kappa shape index (κ3) is 2.45. The van der Waals surface area contributed by atoms with E-state index in [4.69, 9.17) is 0 Å². The zero-order valence-electron chi connectivity index (χ0n) is 10.7. The van der Waals surface area contributed by atoms with Crippen molar-refractivity contribution >= 4 is 13.3 Å². The fraction of sp³-hybridized carbons (Fsp3) is 1.00. The molecule has 2 bridgehead atoms. The van der Waals surface area contributed by atoms with Crippen LogP contribution in [-0.4, -0.2) is 13.3 Å². The van der Waals surface area contributed by atoms with E-state index in [-0.39, 0.29) is 0 Å². The summed E-state index contributed by atoms with van der Waals surface area (Å²) in [5, 5.41) is 5.25. The first kappa shape index (κ1) is 12.0. The minimum atomic E-state index is -1.30. The van der Waals surface area contributed by atoms with Crippen LogP contribution < -0.4 is 0 Å². The summed E-state index contributed by atoms with van der Waals surface area (Å²) in [6, 6.07) is 0. The van der Waals surface area contributed by atoms with Crippen LogP contribution in [0.1, 0.15) is 58.8 Å². The molecule has 0 nitrogen and oxygen atoms in total. The van der Waals surface area contributed by atoms with Crippen LogP contribution in [0.3, 0.4) is 0 Å². The normalized spacial score (nSPS) is 32.4. The van der Waals surface area contributed by atoms with Gasteiger partial charge in [0.2, 0.25) is 0 Å². The van der Waals surface area contributed by atoms with Crippen LogP contribution in [0.4, 0.5) is 0 Å². The van der Waals surface area contributed by atoms with Crippen molar-refractivity contribution in [2.75, 3.05) is 0 Å². The third-order valence-corrected chi connectivity index (χ3v) is 18.5. The van der Waals surface area contributed by atoms with E-state index >= 15 is 0 Å². The van der Waals surface area contributed by atoms with Gasteiger partial charge in [0.1, 0.15) is 0 Å². The standard InChI is InChI=1S/C14H28Ge/c1-3-5-9-15(10-6-4-2)12-13-7-8-14(15)11-13/h13-14H,3-12H2,1-2H3. The summed E-state index contributed by atoms with van der Waals surface area (Å²) in [6.07, 6.45) is 10.9. The Morgan fingerprint density at radius 2 is 1.67 bits per heavy atom. The Bertz CT molecular complexity index is 192. The zero-order chi connectivity index (χ0) is 10.7. The molecule has 0 aromatic carbocycles. The molecule has 0 N–H and O–H groups in total. The number of fused-ring (bicyclic) bond motifs is 2. The molecule has 0 radical (unpaired) electrons. The van der Waals surface area contributed by atoms with Gasteiger partial charge >= 0.3 is 98.5 Å². The fourth-order valence-corrected chi connectivity index (χ4v) is 19.2. The average Bonchev–Trinajstić information content (AvgIpc) is 2.84. The van der Waals surface area contributed by atoms with E-state index in [0.29, 0.717) is 0 Å². The summed E-state index contributed by atoms with van der Waals surface area (Å²) in [6.45, 7) is 4.76. The monoisotopic (exact) mass is 270 g/mol. The van der Waals surface area contributed by atoms with Gasteiger partial charge in [-0.25, -0.2) is 0 Å². The summed E-state index contributed by atoms with van der Waals surface area (Å²) in [5.74, 6) is 1.21. The molecule has 2 fully saturated rings. The molecule has 1 saturated carbocycles. The van der Waals surface area contributed by atoms with Gasteiger partial charge in [0.25, 0.3) is 0 Å². The van der Waals surface area contributed by atoms with Gasteiger partial charge in [-0.3, -0.25) is 0 Å². The average molecular weight is 269 g/mol. The molecule has 2 rings (SSSR count). The molecular formula is C14H28Ge. The molecule has 0 aromatic heterocycles. The number of hydrogen-bond acceptors (Lipinski definition) is 0. The summed E-state index contributed by atoms with van der Waals surface area (Å²) in [4.78, 5) is 0. The van der Waals surface area contributed by atoms with Gasteiger partial charge in [0.05, 0.1) is 0 Å². The molecule has 1 heterocycles. The van der Waals surface area contributed by atoms with Crippen molar-refractivity contribution in [2.24, 2.45) is 5.92 Å². The van der Waals surface area contributed by atoms with Crippen molar-refractivity contribution in [3.63, 3.8) is 0 Å². The molecule has 2 atom stereocenters. The molecule has 1 saturated heterocycles. The van der Waals surface area contributed by atoms with E-state index in [1.54, 1.807) is 47.9 Å². The van der Waals surface area contributed by atoms with Crippen LogP contribution in [0.2, 0.25) is 20.5 Å². The first-order valence-electron chi connectivity index (χ1n) is 7.30. The van der Waals surface area contributed by atoms with Gasteiger partial charge < -0.3 is 0 Å². The van der Waals surface area contributed by atoms with Gasteiger partial charge in [0, 0.05) is 0 Å². The Balaban J connectivity index is 1.96. The van der Waals surface area contributed by atoms with E-state index in [9.17, 15) is 0 Å². The molecule has 88 valence electrons. The molecule has 0 aromatic rings. The molecular weight excluding hydrogens is 241 g/mol. The van der Waals surface area contributed by atoms with Crippen LogP contribution in [0.5, 0.6) is 0 Å². The van der Waals surface area contributed by atoms with E-state index in [2.05, 4.69) is 13.8 Å². The third-order valence-electron chi connectivity index (χ3n) is 5.16. The van der Waals surface area contributed by atoms with Crippen LogP contribution in [-0.2, 0) is 0 Å². The van der Waals surface area contributed by atoms with Crippen molar-refractivity contribution in [1.82, 2.24) is 0 Å². The maximum absolute atomic E-state index is 2.38. The second-order valence-electron chi connectivity index (χ2n) is 6.15. The predicted octanol–water partition coefficient (Wildman–Crippen LogP) is 5.22. The van der Waals surface area contributed by atoms with Gasteiger partial charge in [0.15, 0.2) is 0 Å². The Morgan fingerprint density at radius 3 is 2.07 bits per heavy atom. The SMILES string of the molecule is CCC[CH2][Ge]1([CH2]CCC)[CH2]C2CC[CH]1C2. The quantitative estimate of drug-likeness (QED) is 0.580. The second-order valence-corrected chi connectivity index (χ2v) is 16.5. The number of rotatable bonds is 6. The minimum absolute atomic E-state index is 1.21. The Labute approximate surface area is 98.6 Å². The summed E-state index contributed by atoms with van der Waals surface area (Å²) in [5.41, 5.74) is 0. The van der Waals surface area contributed by atoms with Gasteiger partial charge in [-0.15, -0.1) is 0 Å². The molecule has 15 heavy (non-hydrogen) atoms. The Kier molecular flexibility index (Phi) is 4.20. The predicted molar refractivity (Wildman–Crippen MR) is 71.1 cm³/mol. The summed E-state index contributed by atoms with van der Waals surface area (Å²) in [7, 11) is 0.